The molecule has 1 aromatic heterocycles. The standard InChI is InChI=1S/C11H17N3O/c1-11(2,3)7-14-10(15)9-6-8(12)4-5-13-9/h4-6H,7H2,1-3H3,(H2,12,13)(H,14,15). The maximum atomic E-state index is 11.6. The zero-order valence-electron chi connectivity index (χ0n) is 9.37. The van der Waals surface area contributed by atoms with Crippen LogP contribution in [0.25, 0.3) is 0 Å². The Hall–Kier alpha value is -1.58. The fourth-order valence-corrected chi connectivity index (χ4v) is 1.01. The lowest BCUT2D eigenvalue weighted by molar-refractivity contribution is 0.0934. The smallest absolute Gasteiger partial charge is 0.269 e. The van der Waals surface area contributed by atoms with Crippen LogP contribution in [0.5, 0.6) is 0 Å². The molecule has 15 heavy (non-hydrogen) atoms. The second kappa shape index (κ2) is 4.29. The number of nitrogens with two attached hydrogens (primary N) is 1. The minimum Gasteiger partial charge on any atom is -0.399 e. The Balaban J connectivity index is 2.62. The number of nitrogens with one attached hydrogen (secondary N) is 1. The van der Waals surface area contributed by atoms with E-state index in [0.29, 0.717) is 17.9 Å². The summed E-state index contributed by atoms with van der Waals surface area (Å²) in [4.78, 5) is 15.6. The lowest BCUT2D eigenvalue weighted by atomic mass is 9.97. The van der Waals surface area contributed by atoms with E-state index in [4.69, 9.17) is 5.73 Å². The minimum atomic E-state index is -0.183. The van der Waals surface area contributed by atoms with E-state index in [1.807, 2.05) is 0 Å². The summed E-state index contributed by atoms with van der Waals surface area (Å²) in [6.07, 6.45) is 1.53. The molecule has 0 spiro atoms. The Morgan fingerprint density at radius 2 is 2.20 bits per heavy atom. The van der Waals surface area contributed by atoms with Gasteiger partial charge in [0.25, 0.3) is 5.91 Å². The average molecular weight is 207 g/mol. The van der Waals surface area contributed by atoms with E-state index in [2.05, 4.69) is 31.1 Å². The van der Waals surface area contributed by atoms with Gasteiger partial charge in [0, 0.05) is 18.4 Å². The van der Waals surface area contributed by atoms with Crippen molar-refractivity contribution >= 4 is 11.6 Å². The van der Waals surface area contributed by atoms with Crippen molar-refractivity contribution in [3.05, 3.63) is 24.0 Å². The molecule has 0 atom stereocenters. The molecule has 0 saturated heterocycles. The first-order chi connectivity index (χ1) is 6.88. The highest BCUT2D eigenvalue weighted by Gasteiger charge is 2.13. The van der Waals surface area contributed by atoms with Crippen LogP contribution in [-0.2, 0) is 0 Å². The number of carbonyl (C=O) groups is 1. The molecule has 82 valence electrons. The van der Waals surface area contributed by atoms with Crippen LogP contribution in [0.4, 0.5) is 5.69 Å². The molecule has 0 unspecified atom stereocenters. The molecule has 0 aliphatic rings. The van der Waals surface area contributed by atoms with Crippen molar-refractivity contribution in [3.8, 4) is 0 Å². The first-order valence-electron chi connectivity index (χ1n) is 4.88. The van der Waals surface area contributed by atoms with Gasteiger partial charge in [-0.1, -0.05) is 20.8 Å². The van der Waals surface area contributed by atoms with E-state index in [1.54, 1.807) is 12.1 Å². The van der Waals surface area contributed by atoms with Gasteiger partial charge in [-0.2, -0.15) is 0 Å². The molecule has 4 nitrogen and oxygen atoms in total. The summed E-state index contributed by atoms with van der Waals surface area (Å²) in [7, 11) is 0. The molecule has 1 heterocycles. The highest BCUT2D eigenvalue weighted by atomic mass is 16.1. The van der Waals surface area contributed by atoms with Gasteiger partial charge < -0.3 is 11.1 Å². The maximum absolute atomic E-state index is 11.6. The lowest BCUT2D eigenvalue weighted by Crippen LogP contribution is -2.32. The fraction of sp³-hybridized carbons (Fsp3) is 0.455. The topological polar surface area (TPSA) is 68.0 Å². The third-order valence-corrected chi connectivity index (χ3v) is 1.80. The Morgan fingerprint density at radius 3 is 2.73 bits per heavy atom. The van der Waals surface area contributed by atoms with Gasteiger partial charge in [-0.25, -0.2) is 0 Å². The quantitative estimate of drug-likeness (QED) is 0.771. The van der Waals surface area contributed by atoms with Crippen molar-refractivity contribution in [1.82, 2.24) is 10.3 Å². The van der Waals surface area contributed by atoms with Gasteiger partial charge in [-0.3, -0.25) is 9.78 Å². The van der Waals surface area contributed by atoms with Gasteiger partial charge in [0.15, 0.2) is 0 Å². The Bertz CT molecular complexity index is 355. The summed E-state index contributed by atoms with van der Waals surface area (Å²) in [6, 6.07) is 3.22. The number of hydrogen-bond acceptors (Lipinski definition) is 3. The first kappa shape index (κ1) is 11.5. The number of aromatic nitrogens is 1. The summed E-state index contributed by atoms with van der Waals surface area (Å²) < 4.78 is 0. The van der Waals surface area contributed by atoms with Gasteiger partial charge in [0.2, 0.25) is 0 Å². The number of anilines is 1. The second-order valence-corrected chi connectivity index (χ2v) is 4.72. The molecule has 0 aromatic carbocycles. The molecular formula is C11H17N3O. The summed E-state index contributed by atoms with van der Waals surface area (Å²) in [5.41, 5.74) is 6.53. The number of nitrogens with zero attached hydrogens (tertiary/aromatic N) is 1. The average Bonchev–Trinajstić information content (AvgIpc) is 2.13. The molecule has 3 N–H and O–H groups in total. The maximum Gasteiger partial charge on any atom is 0.269 e. The zero-order chi connectivity index (χ0) is 11.5. The van der Waals surface area contributed by atoms with Crippen molar-refractivity contribution in [2.45, 2.75) is 20.8 Å². The minimum absolute atomic E-state index is 0.0655. The number of pyridine rings is 1. The fourth-order valence-electron chi connectivity index (χ4n) is 1.01. The number of amides is 1. The molecule has 4 heteroatoms. The summed E-state index contributed by atoms with van der Waals surface area (Å²) in [5.74, 6) is -0.183. The molecule has 0 bridgehead atoms. The van der Waals surface area contributed by atoms with Gasteiger partial charge in [0.1, 0.15) is 5.69 Å². The summed E-state index contributed by atoms with van der Waals surface area (Å²) >= 11 is 0. The van der Waals surface area contributed by atoms with Crippen molar-refractivity contribution in [2.75, 3.05) is 12.3 Å². The Labute approximate surface area is 89.9 Å². The third-order valence-electron chi connectivity index (χ3n) is 1.80. The van der Waals surface area contributed by atoms with Crippen LogP contribution in [-0.4, -0.2) is 17.4 Å². The molecule has 0 radical (unpaired) electrons. The molecular weight excluding hydrogens is 190 g/mol. The molecule has 1 amide bonds. The van der Waals surface area contributed by atoms with E-state index < -0.39 is 0 Å². The van der Waals surface area contributed by atoms with Crippen LogP contribution in [0.1, 0.15) is 31.3 Å². The monoisotopic (exact) mass is 207 g/mol. The van der Waals surface area contributed by atoms with Gasteiger partial charge in [-0.15, -0.1) is 0 Å². The van der Waals surface area contributed by atoms with Crippen molar-refractivity contribution in [1.29, 1.82) is 0 Å². The van der Waals surface area contributed by atoms with Crippen LogP contribution >= 0.6 is 0 Å². The van der Waals surface area contributed by atoms with Gasteiger partial charge >= 0.3 is 0 Å². The molecule has 0 fully saturated rings. The van der Waals surface area contributed by atoms with Gasteiger partial charge in [-0.05, 0) is 17.5 Å². The van der Waals surface area contributed by atoms with Crippen LogP contribution < -0.4 is 11.1 Å². The van der Waals surface area contributed by atoms with E-state index >= 15 is 0 Å². The molecule has 0 saturated carbocycles. The summed E-state index contributed by atoms with van der Waals surface area (Å²) in [6.45, 7) is 6.78. The first-order valence-corrected chi connectivity index (χ1v) is 4.88. The van der Waals surface area contributed by atoms with Crippen LogP contribution in [0, 0.1) is 5.41 Å². The normalized spacial score (nSPS) is 11.1. The number of nitrogen functional groups attached to an aromatic ring is 1. The van der Waals surface area contributed by atoms with Gasteiger partial charge in [0.05, 0.1) is 0 Å². The van der Waals surface area contributed by atoms with Crippen LogP contribution in [0.3, 0.4) is 0 Å². The van der Waals surface area contributed by atoms with Crippen molar-refractivity contribution in [2.24, 2.45) is 5.41 Å². The van der Waals surface area contributed by atoms with Crippen LogP contribution in [0.15, 0.2) is 18.3 Å². The number of hydrogen-bond donors (Lipinski definition) is 2. The van der Waals surface area contributed by atoms with E-state index in [0.717, 1.165) is 0 Å². The number of rotatable bonds is 2. The predicted octanol–water partition coefficient (Wildman–Crippen LogP) is 1.44. The highest BCUT2D eigenvalue weighted by Crippen LogP contribution is 2.11. The largest absolute Gasteiger partial charge is 0.399 e. The molecule has 1 aromatic rings. The third kappa shape index (κ3) is 3.97. The zero-order valence-corrected chi connectivity index (χ0v) is 9.37. The molecule has 1 rings (SSSR count). The Morgan fingerprint density at radius 1 is 1.53 bits per heavy atom. The van der Waals surface area contributed by atoms with Crippen molar-refractivity contribution < 1.29 is 4.79 Å². The Kier molecular flexibility index (Phi) is 3.29. The second-order valence-electron chi connectivity index (χ2n) is 4.72. The lowest BCUT2D eigenvalue weighted by Gasteiger charge is -2.18. The predicted molar refractivity (Wildman–Crippen MR) is 60.4 cm³/mol. The van der Waals surface area contributed by atoms with E-state index in [1.165, 1.54) is 6.20 Å². The SMILES string of the molecule is CC(C)(C)CNC(=O)c1cc(N)ccn1. The van der Waals surface area contributed by atoms with E-state index in [9.17, 15) is 4.79 Å². The van der Waals surface area contributed by atoms with Crippen LogP contribution in [0.2, 0.25) is 0 Å². The van der Waals surface area contributed by atoms with E-state index in [-0.39, 0.29) is 11.3 Å². The molecule has 0 aliphatic heterocycles. The molecule has 0 aliphatic carbocycles. The highest BCUT2D eigenvalue weighted by molar-refractivity contribution is 5.92. The number of carbonyl (C=O) groups excluding carboxylic acids is 1. The summed E-state index contributed by atoms with van der Waals surface area (Å²) in [5, 5.41) is 2.81. The van der Waals surface area contributed by atoms with Crippen molar-refractivity contribution in [3.63, 3.8) is 0 Å².